The molecule has 2 nitrogen and oxygen atoms in total. The molecule has 77 heavy (non-hydrogen) atoms. The molecule has 0 N–H and O–H groups in total. The molecule has 0 aliphatic carbocycles. The van der Waals surface area contributed by atoms with Crippen LogP contribution in [-0.2, 0) is 9.84 Å². The van der Waals surface area contributed by atoms with Crippen molar-refractivity contribution in [1.29, 1.82) is 0 Å². The van der Waals surface area contributed by atoms with Crippen LogP contribution >= 0.6 is 0 Å². The molecule has 0 saturated carbocycles. The van der Waals surface area contributed by atoms with E-state index in [0.29, 0.717) is 0 Å². The zero-order valence-electron chi connectivity index (χ0n) is 62.2. The van der Waals surface area contributed by atoms with Gasteiger partial charge in [-0.15, -0.1) is 0 Å². The summed E-state index contributed by atoms with van der Waals surface area (Å²) in [6, 6.07) is 0. The van der Waals surface area contributed by atoms with Crippen LogP contribution in [0.5, 0.6) is 0 Å². The van der Waals surface area contributed by atoms with Crippen LogP contribution in [0, 0.1) is 0 Å². The van der Waals surface area contributed by atoms with E-state index in [-0.39, 0.29) is 123 Å². The summed E-state index contributed by atoms with van der Waals surface area (Å²) in [7, 11) is -2.66. The molecule has 0 aliphatic rings. The van der Waals surface area contributed by atoms with Gasteiger partial charge in [0.25, 0.3) is 0 Å². The molecule has 0 saturated heterocycles. The first kappa shape index (κ1) is 361. The monoisotopic (exact) mass is 1160 g/mol. The molecule has 0 rings (SSSR count). The molecule has 0 heterocycles. The molecular formula is C68H208B6O2S. The maximum Gasteiger partial charge on any atom is 0.147 e. The zero-order valence-corrected chi connectivity index (χ0v) is 63.0. The molecule has 516 valence electrons. The van der Waals surface area contributed by atoms with Crippen LogP contribution in [0.25, 0.3) is 0 Å². The van der Waals surface area contributed by atoms with Gasteiger partial charge in [0.15, 0.2) is 0 Å². The molecule has 0 aromatic heterocycles. The van der Waals surface area contributed by atoms with Crippen LogP contribution < -0.4 is 0 Å². The average molecular weight is 1160 g/mol. The molecule has 9 heteroatoms. The van der Waals surface area contributed by atoms with E-state index in [4.69, 9.17) is 0 Å². The minimum absolute atomic E-state index is 0. The predicted octanol–water partition coefficient (Wildman–Crippen LogP) is 31.7. The Balaban J connectivity index is -0.00000000414. The Labute approximate surface area is 537 Å². The normalized spacial score (nSPS) is 3.56. The van der Waals surface area contributed by atoms with E-state index >= 15 is 0 Å². The lowest BCUT2D eigenvalue weighted by molar-refractivity contribution is 0.603. The molecule has 0 amide bonds. The van der Waals surface area contributed by atoms with Gasteiger partial charge in [0, 0.05) is 62.5 Å². The third-order valence-electron chi connectivity index (χ3n) is 1.52. The van der Waals surface area contributed by atoms with Gasteiger partial charge in [-0.3, -0.25) is 0 Å². The largest absolute Gasteiger partial charge is 0.229 e. The highest BCUT2D eigenvalue weighted by Crippen LogP contribution is 1.77. The van der Waals surface area contributed by atoms with E-state index in [0.717, 1.165) is 0 Å². The second-order valence-electron chi connectivity index (χ2n) is 3.21. The Morgan fingerprint density at radius 2 is 0.195 bits per heavy atom. The summed E-state index contributed by atoms with van der Waals surface area (Å²) in [4.78, 5) is 0. The van der Waals surface area contributed by atoms with Crippen LogP contribution in [0.3, 0.4) is 0 Å². The van der Waals surface area contributed by atoms with Gasteiger partial charge < -0.3 is 0 Å². The van der Waals surface area contributed by atoms with Gasteiger partial charge in [-0.1, -0.05) is 459 Å². The maximum absolute atomic E-state index is 10.0. The number of hydrogen-bond donors (Lipinski definition) is 0. The van der Waals surface area contributed by atoms with Gasteiger partial charge in [0.1, 0.15) is 9.84 Å². The summed E-state index contributed by atoms with van der Waals surface area (Å²) in [5, 5.41) is 0. The molecule has 18 radical (unpaired) electrons. The fraction of sp³-hybridized carbons (Fsp3) is 1.00. The van der Waals surface area contributed by atoms with Crippen molar-refractivity contribution < 1.29 is 8.42 Å². The second-order valence-corrected chi connectivity index (χ2v) is 5.64. The fourth-order valence-corrected chi connectivity index (χ4v) is 0. The van der Waals surface area contributed by atoms with E-state index in [9.17, 15) is 8.42 Å². The first-order chi connectivity index (χ1) is 30.4. The van der Waals surface area contributed by atoms with Crippen LogP contribution in [0.4, 0.5) is 0 Å². The molecule has 0 fully saturated rings. The Hall–Kier alpha value is 0.340. The van der Waals surface area contributed by atoms with Crippen molar-refractivity contribution in [3.8, 4) is 0 Å². The highest BCUT2D eigenvalue weighted by atomic mass is 32.2. The minimum Gasteiger partial charge on any atom is -0.229 e. The van der Waals surface area contributed by atoms with Gasteiger partial charge in [-0.05, 0) is 0 Å². The summed E-state index contributed by atoms with van der Waals surface area (Å²) in [6.45, 7) is 106. The summed E-state index contributed by atoms with van der Waals surface area (Å²) < 4.78 is 20.0. The lowest BCUT2D eigenvalue weighted by Gasteiger charge is -1.81. The molecule has 0 aromatic rings. The van der Waals surface area contributed by atoms with Crippen LogP contribution in [0.1, 0.15) is 459 Å². The molecule has 0 aromatic carbocycles. The number of rotatable bonds is 3. The summed E-state index contributed by atoms with van der Waals surface area (Å²) >= 11 is 0. The van der Waals surface area contributed by atoms with E-state index in [1.54, 1.807) is 6.92 Å². The molecular weight excluding hydrogens is 946 g/mol. The fourth-order valence-electron chi connectivity index (χ4n) is 0. The SMILES string of the molecule is C.C.C.C.C.C.C.C.C.CC.CC.CC.CC.CC.CC.CC.CC.CC.CC.CC.CC.CC.CC.CC.CC.CC.CC.CC.CC.CC.CC.CC.CC.CCCC.CCCC.CCS(C)(=O)=O.[B].[B].[B].[B].[B].[B]. The van der Waals surface area contributed by atoms with Crippen molar-refractivity contribution in [2.75, 3.05) is 12.0 Å². The van der Waals surface area contributed by atoms with Crippen molar-refractivity contribution in [3.63, 3.8) is 0 Å². The third-order valence-corrected chi connectivity index (χ3v) is 2.57. The summed E-state index contributed by atoms with van der Waals surface area (Å²) in [6.07, 6.45) is 6.49. The molecule has 0 bridgehead atoms. The van der Waals surface area contributed by atoms with Gasteiger partial charge >= 0.3 is 0 Å². The lowest BCUT2D eigenvalue weighted by atomic mass is 10.4. The van der Waals surface area contributed by atoms with E-state index in [1.165, 1.54) is 31.9 Å². The number of hydrogen-bond acceptors (Lipinski definition) is 2. The molecule has 0 spiro atoms. The first-order valence-electron chi connectivity index (χ1n) is 29.6. The number of sulfone groups is 1. The predicted molar refractivity (Wildman–Crippen MR) is 434 cm³/mol. The Morgan fingerprint density at radius 1 is 0.169 bits per heavy atom. The quantitative estimate of drug-likeness (QED) is 0.264. The summed E-state index contributed by atoms with van der Waals surface area (Å²) in [5.41, 5.74) is 0. The topological polar surface area (TPSA) is 34.1 Å². The second kappa shape index (κ2) is 3370. The highest BCUT2D eigenvalue weighted by Gasteiger charge is 1.90. The van der Waals surface area contributed by atoms with Crippen molar-refractivity contribution in [2.24, 2.45) is 0 Å². The van der Waals surface area contributed by atoms with E-state index in [2.05, 4.69) is 27.7 Å². The first-order valence-corrected chi connectivity index (χ1v) is 31.6. The van der Waals surface area contributed by atoms with Crippen LogP contribution in [0.15, 0.2) is 0 Å². The Morgan fingerprint density at radius 3 is 0.195 bits per heavy atom. The van der Waals surface area contributed by atoms with E-state index < -0.39 is 9.84 Å². The Bertz CT molecular complexity index is 190. The van der Waals surface area contributed by atoms with Gasteiger partial charge in [0.05, 0.1) is 0 Å². The van der Waals surface area contributed by atoms with Crippen molar-refractivity contribution in [2.45, 2.75) is 459 Å². The summed E-state index contributed by atoms with van der Waals surface area (Å²) in [5.74, 6) is 0.243. The Kier molecular flexibility index (Phi) is 15800. The van der Waals surface area contributed by atoms with Gasteiger partial charge in [-0.2, -0.15) is 0 Å². The average Bonchev–Trinajstić information content (AvgIpc) is 3.47. The van der Waals surface area contributed by atoms with Crippen molar-refractivity contribution >= 4 is 60.3 Å². The third kappa shape index (κ3) is 14800. The minimum atomic E-state index is -2.66. The van der Waals surface area contributed by atoms with Gasteiger partial charge in [-0.25, -0.2) is 8.42 Å². The van der Waals surface area contributed by atoms with Crippen molar-refractivity contribution in [3.05, 3.63) is 0 Å². The smallest absolute Gasteiger partial charge is 0.147 e. The van der Waals surface area contributed by atoms with Gasteiger partial charge in [0.2, 0.25) is 0 Å². The number of unbranched alkanes of at least 4 members (excludes halogenated alkanes) is 2. The zero-order chi connectivity index (χ0) is 60.0. The standard InChI is InChI=1S/2C4H10.C3H8O2S.24C2H6.9CH4.6B/c2*1-3-4-2;1-3-6(2,4)5;24*1-2;;;;;;;;;;;;;;;/h2*3-4H2,1-2H3;3H2,1-2H3;24*1-2H3;9*1H4;;;;;;. The van der Waals surface area contributed by atoms with Crippen LogP contribution in [0.2, 0.25) is 0 Å². The molecule has 0 atom stereocenters. The highest BCUT2D eigenvalue weighted by molar-refractivity contribution is 7.90. The van der Waals surface area contributed by atoms with E-state index in [1.807, 2.05) is 332 Å². The van der Waals surface area contributed by atoms with Crippen LogP contribution in [-0.4, -0.2) is 70.9 Å². The molecule has 0 aliphatic heterocycles. The maximum atomic E-state index is 10.0. The lowest BCUT2D eigenvalue weighted by Crippen LogP contribution is -1.96. The molecule has 0 unspecified atom stereocenters. The van der Waals surface area contributed by atoms with Crippen molar-refractivity contribution in [1.82, 2.24) is 0 Å².